The van der Waals surface area contributed by atoms with Crippen molar-refractivity contribution < 1.29 is 4.52 Å². The normalized spacial score (nSPS) is 22.4. The third-order valence-electron chi connectivity index (χ3n) is 4.34. The molecule has 0 atom stereocenters. The zero-order valence-corrected chi connectivity index (χ0v) is 13.4. The van der Waals surface area contributed by atoms with Crippen molar-refractivity contribution in [1.82, 2.24) is 5.16 Å². The van der Waals surface area contributed by atoms with Gasteiger partial charge in [0, 0.05) is 5.92 Å². The second-order valence-corrected chi connectivity index (χ2v) is 6.71. The summed E-state index contributed by atoms with van der Waals surface area (Å²) in [6, 6.07) is 5.51. The number of nitrogens with zero attached hydrogens (tertiary/aromatic N) is 1. The molecule has 1 saturated carbocycles. The SMILES string of the molecule is CC1CCC(c2onc(N)c2-c2ccc(Cl)c(Cl)c2)CC1. The van der Waals surface area contributed by atoms with E-state index in [1.165, 1.54) is 12.8 Å². The maximum Gasteiger partial charge on any atom is 0.175 e. The molecule has 0 saturated heterocycles. The van der Waals surface area contributed by atoms with Crippen LogP contribution in [0.5, 0.6) is 0 Å². The highest BCUT2D eigenvalue weighted by atomic mass is 35.5. The van der Waals surface area contributed by atoms with Crippen molar-refractivity contribution in [3.05, 3.63) is 34.0 Å². The second-order valence-electron chi connectivity index (χ2n) is 5.89. The lowest BCUT2D eigenvalue weighted by Gasteiger charge is -2.24. The molecule has 0 spiro atoms. The van der Waals surface area contributed by atoms with Crippen LogP contribution in [0.25, 0.3) is 11.1 Å². The van der Waals surface area contributed by atoms with Gasteiger partial charge in [-0.25, -0.2) is 0 Å². The first kappa shape index (κ1) is 14.7. The minimum atomic E-state index is 0.385. The smallest absolute Gasteiger partial charge is 0.175 e. The van der Waals surface area contributed by atoms with Crippen LogP contribution in [0.1, 0.15) is 44.3 Å². The molecule has 1 aliphatic carbocycles. The third kappa shape index (κ3) is 2.90. The van der Waals surface area contributed by atoms with E-state index in [0.717, 1.165) is 35.6 Å². The van der Waals surface area contributed by atoms with Crippen molar-refractivity contribution in [2.24, 2.45) is 5.92 Å². The molecule has 3 rings (SSSR count). The van der Waals surface area contributed by atoms with Gasteiger partial charge in [-0.2, -0.15) is 0 Å². The molecule has 1 aromatic carbocycles. The zero-order chi connectivity index (χ0) is 15.0. The standard InChI is InChI=1S/C16H18Cl2N2O/c1-9-2-4-10(5-3-9)15-14(16(19)20-21-15)11-6-7-12(17)13(18)8-11/h6-10H,2-5H2,1H3,(H2,19,20). The Balaban J connectivity index is 1.98. The Bertz CT molecular complexity index is 646. The maximum atomic E-state index is 6.12. The fourth-order valence-corrected chi connectivity index (χ4v) is 3.36. The molecule has 0 amide bonds. The van der Waals surface area contributed by atoms with Gasteiger partial charge >= 0.3 is 0 Å². The van der Waals surface area contributed by atoms with Crippen LogP contribution in [0, 0.1) is 5.92 Å². The van der Waals surface area contributed by atoms with Crippen LogP contribution in [0.15, 0.2) is 22.7 Å². The van der Waals surface area contributed by atoms with E-state index in [1.54, 1.807) is 6.07 Å². The van der Waals surface area contributed by atoms with Crippen LogP contribution in [-0.4, -0.2) is 5.16 Å². The molecule has 0 bridgehead atoms. The average Bonchev–Trinajstić information content (AvgIpc) is 2.85. The Kier molecular flexibility index (Phi) is 4.14. The molecule has 112 valence electrons. The van der Waals surface area contributed by atoms with Crippen molar-refractivity contribution in [3.63, 3.8) is 0 Å². The number of halogens is 2. The van der Waals surface area contributed by atoms with E-state index < -0.39 is 0 Å². The van der Waals surface area contributed by atoms with Gasteiger partial charge in [0.25, 0.3) is 0 Å². The predicted molar refractivity (Wildman–Crippen MR) is 86.7 cm³/mol. The lowest BCUT2D eigenvalue weighted by molar-refractivity contribution is 0.289. The minimum absolute atomic E-state index is 0.385. The molecule has 1 heterocycles. The van der Waals surface area contributed by atoms with Gasteiger partial charge in [0.15, 0.2) is 5.82 Å². The minimum Gasteiger partial charge on any atom is -0.380 e. The van der Waals surface area contributed by atoms with Crippen LogP contribution in [-0.2, 0) is 0 Å². The van der Waals surface area contributed by atoms with Gasteiger partial charge in [-0.15, -0.1) is 0 Å². The summed E-state index contributed by atoms with van der Waals surface area (Å²) >= 11 is 12.1. The van der Waals surface area contributed by atoms with Gasteiger partial charge in [0.1, 0.15) is 5.76 Å². The monoisotopic (exact) mass is 324 g/mol. The molecule has 2 N–H and O–H groups in total. The third-order valence-corrected chi connectivity index (χ3v) is 5.08. The first-order valence-electron chi connectivity index (χ1n) is 7.26. The summed E-state index contributed by atoms with van der Waals surface area (Å²) in [5.41, 5.74) is 7.80. The van der Waals surface area contributed by atoms with E-state index in [2.05, 4.69) is 12.1 Å². The molecular weight excluding hydrogens is 307 g/mol. The fourth-order valence-electron chi connectivity index (χ4n) is 3.06. The van der Waals surface area contributed by atoms with E-state index in [0.29, 0.717) is 21.8 Å². The number of hydrogen-bond donors (Lipinski definition) is 1. The summed E-state index contributed by atoms with van der Waals surface area (Å²) in [6.07, 6.45) is 4.66. The maximum absolute atomic E-state index is 6.12. The average molecular weight is 325 g/mol. The van der Waals surface area contributed by atoms with Crippen LogP contribution in [0.4, 0.5) is 5.82 Å². The van der Waals surface area contributed by atoms with Gasteiger partial charge in [0.2, 0.25) is 0 Å². The second kappa shape index (κ2) is 5.90. The topological polar surface area (TPSA) is 52.0 Å². The van der Waals surface area contributed by atoms with Crippen molar-refractivity contribution in [2.75, 3.05) is 5.73 Å². The molecule has 2 aromatic rings. The molecule has 5 heteroatoms. The van der Waals surface area contributed by atoms with Crippen LogP contribution in [0.3, 0.4) is 0 Å². The van der Waals surface area contributed by atoms with Crippen molar-refractivity contribution in [3.8, 4) is 11.1 Å². The number of anilines is 1. The summed E-state index contributed by atoms with van der Waals surface area (Å²) in [6.45, 7) is 2.30. The number of nitrogen functional groups attached to an aromatic ring is 1. The summed E-state index contributed by atoms with van der Waals surface area (Å²) in [5.74, 6) is 2.48. The fraction of sp³-hybridized carbons (Fsp3) is 0.438. The predicted octanol–water partition coefficient (Wildman–Crippen LogP) is 5.52. The summed E-state index contributed by atoms with van der Waals surface area (Å²) in [5, 5.41) is 5.01. The van der Waals surface area contributed by atoms with Gasteiger partial charge in [0.05, 0.1) is 15.6 Å². The quantitative estimate of drug-likeness (QED) is 0.790. The highest BCUT2D eigenvalue weighted by Crippen LogP contribution is 2.42. The van der Waals surface area contributed by atoms with E-state index in [-0.39, 0.29) is 0 Å². The zero-order valence-electron chi connectivity index (χ0n) is 11.9. The van der Waals surface area contributed by atoms with Gasteiger partial charge < -0.3 is 10.3 Å². The number of rotatable bonds is 2. The van der Waals surface area contributed by atoms with Crippen LogP contribution < -0.4 is 5.73 Å². The molecule has 0 aliphatic heterocycles. The highest BCUT2D eigenvalue weighted by molar-refractivity contribution is 6.42. The molecule has 3 nitrogen and oxygen atoms in total. The van der Waals surface area contributed by atoms with Crippen molar-refractivity contribution in [2.45, 2.75) is 38.5 Å². The Morgan fingerprint density at radius 3 is 2.52 bits per heavy atom. The molecule has 1 fully saturated rings. The lowest BCUT2D eigenvalue weighted by Crippen LogP contribution is -2.11. The van der Waals surface area contributed by atoms with E-state index in [9.17, 15) is 0 Å². The van der Waals surface area contributed by atoms with Crippen molar-refractivity contribution >= 4 is 29.0 Å². The number of aromatic nitrogens is 1. The molecule has 21 heavy (non-hydrogen) atoms. The summed E-state index contributed by atoms with van der Waals surface area (Å²) in [7, 11) is 0. The van der Waals surface area contributed by atoms with Crippen LogP contribution >= 0.6 is 23.2 Å². The van der Waals surface area contributed by atoms with E-state index >= 15 is 0 Å². The first-order valence-corrected chi connectivity index (χ1v) is 8.02. The summed E-state index contributed by atoms with van der Waals surface area (Å²) in [4.78, 5) is 0. The molecule has 0 radical (unpaired) electrons. The number of benzene rings is 1. The van der Waals surface area contributed by atoms with E-state index in [4.69, 9.17) is 33.5 Å². The Hall–Kier alpha value is -1.19. The first-order chi connectivity index (χ1) is 10.1. The molecule has 1 aliphatic rings. The molecular formula is C16H18Cl2N2O. The van der Waals surface area contributed by atoms with Crippen LogP contribution in [0.2, 0.25) is 10.0 Å². The summed E-state index contributed by atoms with van der Waals surface area (Å²) < 4.78 is 5.54. The van der Waals surface area contributed by atoms with Gasteiger partial charge in [-0.1, -0.05) is 54.2 Å². The number of hydrogen-bond acceptors (Lipinski definition) is 3. The Labute approximate surface area is 134 Å². The van der Waals surface area contributed by atoms with Gasteiger partial charge in [-0.3, -0.25) is 0 Å². The lowest BCUT2D eigenvalue weighted by atomic mass is 9.80. The van der Waals surface area contributed by atoms with Crippen molar-refractivity contribution in [1.29, 1.82) is 0 Å². The Morgan fingerprint density at radius 1 is 1.14 bits per heavy atom. The van der Waals surface area contributed by atoms with Gasteiger partial charge in [-0.05, 0) is 36.5 Å². The number of nitrogens with two attached hydrogens (primary N) is 1. The van der Waals surface area contributed by atoms with E-state index in [1.807, 2.05) is 12.1 Å². The molecule has 0 unspecified atom stereocenters. The highest BCUT2D eigenvalue weighted by Gasteiger charge is 2.27. The Morgan fingerprint density at radius 2 is 1.86 bits per heavy atom. The largest absolute Gasteiger partial charge is 0.380 e. The molecule has 1 aromatic heterocycles.